The molecular weight excluding hydrogens is 709 g/mol. The Kier molecular flexibility index (Phi) is 10.3. The van der Waals surface area contributed by atoms with Crippen molar-refractivity contribution < 1.29 is 14.3 Å². The Bertz CT molecular complexity index is 2600. The van der Waals surface area contributed by atoms with Crippen LogP contribution in [0.2, 0.25) is 0 Å². The van der Waals surface area contributed by atoms with Gasteiger partial charge in [-0.3, -0.25) is 4.79 Å². The Morgan fingerprint density at radius 1 is 0.429 bits per heavy atom. The zero-order valence-corrected chi connectivity index (χ0v) is 32.3. The number of fused-ring (bicyclic) bond motifs is 1. The van der Waals surface area contributed by atoms with Crippen LogP contribution in [0.5, 0.6) is 17.2 Å². The van der Waals surface area contributed by atoms with Gasteiger partial charge in [0, 0.05) is 50.1 Å². The second-order valence-corrected chi connectivity index (χ2v) is 14.3. The third-order valence-electron chi connectivity index (χ3n) is 9.82. The molecule has 0 aliphatic carbocycles. The highest BCUT2D eigenvalue weighted by Crippen LogP contribution is 2.40. The zero-order valence-electron chi connectivity index (χ0n) is 31.4. The average Bonchev–Trinajstić information content (AvgIpc) is 3.23. The van der Waals surface area contributed by atoms with Gasteiger partial charge in [0.2, 0.25) is 0 Å². The summed E-state index contributed by atoms with van der Waals surface area (Å²) in [4.78, 5) is 18.4. The molecule has 0 aromatic heterocycles. The molecule has 56 heavy (non-hydrogen) atoms. The Hall–Kier alpha value is -6.76. The summed E-state index contributed by atoms with van der Waals surface area (Å²) in [5.41, 5.74) is 9.73. The van der Waals surface area contributed by atoms with Crippen molar-refractivity contribution in [3.8, 4) is 17.2 Å². The number of ether oxygens (including phenoxy) is 2. The van der Waals surface area contributed by atoms with Gasteiger partial charge in [0.05, 0.1) is 7.11 Å². The molecule has 0 heterocycles. The Morgan fingerprint density at radius 3 is 1.25 bits per heavy atom. The molecular formula is C50H40N2O3S. The molecule has 0 spiro atoms. The van der Waals surface area contributed by atoms with Crippen LogP contribution in [0, 0.1) is 13.8 Å². The lowest BCUT2D eigenvalue weighted by Crippen LogP contribution is -2.11. The summed E-state index contributed by atoms with van der Waals surface area (Å²) in [6, 6.07) is 61.0. The van der Waals surface area contributed by atoms with Crippen molar-refractivity contribution in [1.29, 1.82) is 0 Å². The van der Waals surface area contributed by atoms with E-state index >= 15 is 0 Å². The summed E-state index contributed by atoms with van der Waals surface area (Å²) in [6.45, 7) is 4.11. The summed E-state index contributed by atoms with van der Waals surface area (Å²) in [6.07, 6.45) is 0. The van der Waals surface area contributed by atoms with Crippen LogP contribution in [-0.4, -0.2) is 12.9 Å². The van der Waals surface area contributed by atoms with Crippen LogP contribution in [0.25, 0.3) is 10.8 Å². The monoisotopic (exact) mass is 748 g/mol. The predicted molar refractivity (Wildman–Crippen MR) is 233 cm³/mol. The summed E-state index contributed by atoms with van der Waals surface area (Å²) >= 11 is 4.54. The number of carbonyl (C=O) groups is 1. The smallest absolute Gasteiger partial charge is 0.193 e. The van der Waals surface area contributed by atoms with Gasteiger partial charge in [-0.05, 0) is 158 Å². The average molecular weight is 749 g/mol. The minimum atomic E-state index is -0.0138. The van der Waals surface area contributed by atoms with E-state index in [2.05, 4.69) is 126 Å². The highest BCUT2D eigenvalue weighted by molar-refractivity contribution is 7.80. The molecule has 274 valence electrons. The number of hydrogen-bond donors (Lipinski definition) is 1. The van der Waals surface area contributed by atoms with Crippen LogP contribution in [0.15, 0.2) is 187 Å². The molecule has 8 aromatic carbocycles. The SMILES string of the molecule is COc1ccc(N(c2ccc(S)cc2)c2ccc3ccc(N(c4ccc(C)cc4)c4ccc(Oc5ccc(C(=O)c6ccc(C)cc6)cc5)cc4)cc3c2)cc1. The number of anilines is 6. The van der Waals surface area contributed by atoms with E-state index in [1.807, 2.05) is 91.9 Å². The molecule has 0 atom stereocenters. The van der Waals surface area contributed by atoms with Crippen LogP contribution in [0.4, 0.5) is 34.1 Å². The fourth-order valence-corrected chi connectivity index (χ4v) is 6.92. The lowest BCUT2D eigenvalue weighted by molar-refractivity contribution is 0.103. The lowest BCUT2D eigenvalue weighted by Gasteiger charge is -2.27. The van der Waals surface area contributed by atoms with Gasteiger partial charge in [-0.1, -0.05) is 59.7 Å². The van der Waals surface area contributed by atoms with E-state index in [0.717, 1.165) is 61.1 Å². The van der Waals surface area contributed by atoms with E-state index in [9.17, 15) is 4.79 Å². The zero-order chi connectivity index (χ0) is 38.6. The van der Waals surface area contributed by atoms with Crippen LogP contribution in [0.3, 0.4) is 0 Å². The first-order valence-corrected chi connectivity index (χ1v) is 18.9. The molecule has 0 bridgehead atoms. The molecule has 5 nitrogen and oxygen atoms in total. The third kappa shape index (κ3) is 7.88. The molecule has 6 heteroatoms. The maximum atomic E-state index is 13.0. The molecule has 0 saturated carbocycles. The van der Waals surface area contributed by atoms with Crippen molar-refractivity contribution in [3.05, 3.63) is 204 Å². The topological polar surface area (TPSA) is 42.0 Å². The largest absolute Gasteiger partial charge is 0.497 e. The molecule has 0 unspecified atom stereocenters. The fourth-order valence-electron chi connectivity index (χ4n) is 6.77. The molecule has 0 saturated heterocycles. The normalized spacial score (nSPS) is 10.9. The first-order valence-electron chi connectivity index (χ1n) is 18.4. The quantitative estimate of drug-likeness (QED) is 0.105. The predicted octanol–water partition coefficient (Wildman–Crippen LogP) is 13.7. The van der Waals surface area contributed by atoms with Crippen LogP contribution in [-0.2, 0) is 0 Å². The molecule has 8 aromatic rings. The number of nitrogens with zero attached hydrogens (tertiary/aromatic N) is 2. The number of benzene rings is 8. The number of methoxy groups -OCH3 is 1. The maximum absolute atomic E-state index is 13.0. The summed E-state index contributed by atoms with van der Waals surface area (Å²) in [5.74, 6) is 2.14. The number of thiol groups is 1. The first kappa shape index (κ1) is 36.2. The summed E-state index contributed by atoms with van der Waals surface area (Å²) in [5, 5.41) is 2.24. The van der Waals surface area contributed by atoms with Crippen LogP contribution in [0.1, 0.15) is 27.0 Å². The van der Waals surface area contributed by atoms with Gasteiger partial charge >= 0.3 is 0 Å². The van der Waals surface area contributed by atoms with Crippen molar-refractivity contribution in [2.45, 2.75) is 18.7 Å². The number of ketones is 1. The number of hydrogen-bond acceptors (Lipinski definition) is 6. The van der Waals surface area contributed by atoms with E-state index in [1.165, 1.54) is 5.56 Å². The molecule has 0 radical (unpaired) electrons. The van der Waals surface area contributed by atoms with E-state index in [1.54, 1.807) is 7.11 Å². The molecule has 0 aliphatic rings. The Balaban J connectivity index is 1.10. The third-order valence-corrected chi connectivity index (χ3v) is 10.1. The van der Waals surface area contributed by atoms with Gasteiger partial charge in [-0.25, -0.2) is 0 Å². The van der Waals surface area contributed by atoms with Gasteiger partial charge < -0.3 is 19.3 Å². The fraction of sp³-hybridized carbons (Fsp3) is 0.0600. The number of rotatable bonds is 11. The van der Waals surface area contributed by atoms with Crippen molar-refractivity contribution in [3.63, 3.8) is 0 Å². The van der Waals surface area contributed by atoms with Crippen molar-refractivity contribution in [2.75, 3.05) is 16.9 Å². The minimum Gasteiger partial charge on any atom is -0.497 e. The van der Waals surface area contributed by atoms with Crippen LogP contribution < -0.4 is 19.3 Å². The second-order valence-electron chi connectivity index (χ2n) is 13.8. The van der Waals surface area contributed by atoms with Gasteiger partial charge in [0.15, 0.2) is 5.78 Å². The maximum Gasteiger partial charge on any atom is 0.193 e. The van der Waals surface area contributed by atoms with Crippen molar-refractivity contribution in [1.82, 2.24) is 0 Å². The standard InChI is InChI=1S/C50H40N2O3S/c1-34-4-8-37(9-5-34)50(53)38-12-24-47(25-13-38)55-48-28-20-42(21-29-48)51(40-14-6-35(2)7-15-40)44-16-10-36-11-17-45(33-39(36)32-44)52(43-22-30-49(56)31-23-43)41-18-26-46(54-3)27-19-41/h4-33,56H,1-3H3. The minimum absolute atomic E-state index is 0.0138. The summed E-state index contributed by atoms with van der Waals surface area (Å²) < 4.78 is 11.7. The van der Waals surface area contributed by atoms with E-state index in [0.29, 0.717) is 22.6 Å². The molecule has 8 rings (SSSR count). The van der Waals surface area contributed by atoms with Gasteiger partial charge in [0.1, 0.15) is 17.2 Å². The van der Waals surface area contributed by atoms with Gasteiger partial charge in [-0.2, -0.15) is 0 Å². The van der Waals surface area contributed by atoms with Crippen molar-refractivity contribution in [2.24, 2.45) is 0 Å². The molecule has 0 amide bonds. The Labute approximate surface area is 333 Å². The molecule has 0 N–H and O–H groups in total. The highest BCUT2D eigenvalue weighted by atomic mass is 32.1. The van der Waals surface area contributed by atoms with Gasteiger partial charge in [0.25, 0.3) is 0 Å². The number of carbonyl (C=O) groups excluding carboxylic acids is 1. The summed E-state index contributed by atoms with van der Waals surface area (Å²) in [7, 11) is 1.68. The van der Waals surface area contributed by atoms with Gasteiger partial charge in [-0.15, -0.1) is 12.6 Å². The number of aryl methyl sites for hydroxylation is 2. The first-order chi connectivity index (χ1) is 27.3. The van der Waals surface area contributed by atoms with Crippen molar-refractivity contribution >= 4 is 63.3 Å². The Morgan fingerprint density at radius 2 is 0.786 bits per heavy atom. The van der Waals surface area contributed by atoms with E-state index < -0.39 is 0 Å². The molecule has 0 aliphatic heterocycles. The lowest BCUT2D eigenvalue weighted by atomic mass is 10.0. The van der Waals surface area contributed by atoms with E-state index in [-0.39, 0.29) is 5.78 Å². The van der Waals surface area contributed by atoms with Crippen LogP contribution >= 0.6 is 12.6 Å². The molecule has 0 fully saturated rings. The van der Waals surface area contributed by atoms with E-state index in [4.69, 9.17) is 9.47 Å². The highest BCUT2D eigenvalue weighted by Gasteiger charge is 2.17. The second kappa shape index (κ2) is 15.9.